The zero-order valence-corrected chi connectivity index (χ0v) is 9.60. The summed E-state index contributed by atoms with van der Waals surface area (Å²) < 4.78 is 37.7. The lowest BCUT2D eigenvalue weighted by atomic mass is 10.2. The zero-order valence-electron chi connectivity index (χ0n) is 8.78. The van der Waals surface area contributed by atoms with Gasteiger partial charge in [-0.1, -0.05) is 0 Å². The average Bonchev–Trinajstić information content (AvgIpc) is 2.10. The van der Waals surface area contributed by atoms with Crippen LogP contribution in [0, 0.1) is 12.7 Å². The van der Waals surface area contributed by atoms with Crippen molar-refractivity contribution >= 4 is 15.7 Å². The zero-order chi connectivity index (χ0) is 11.8. The molecule has 1 aromatic rings. The monoisotopic (exact) mass is 232 g/mol. The van der Waals surface area contributed by atoms with Crippen LogP contribution in [0.25, 0.3) is 0 Å². The summed E-state index contributed by atoms with van der Waals surface area (Å²) in [5, 5.41) is 0. The minimum atomic E-state index is -3.77. The molecular formula is C9H13FN2O2S. The predicted octanol–water partition coefficient (Wildman–Crippen LogP) is 0.967. The van der Waals surface area contributed by atoms with E-state index in [9.17, 15) is 12.8 Å². The number of nitrogen functional groups attached to an aromatic ring is 1. The first-order valence-corrected chi connectivity index (χ1v) is 5.69. The number of anilines is 1. The Kier molecular flexibility index (Phi) is 3.01. The SMILES string of the molecule is Cc1cc(F)c(S(=O)(=O)N(C)C)cc1N. The van der Waals surface area contributed by atoms with Crippen molar-refractivity contribution in [1.29, 1.82) is 0 Å². The van der Waals surface area contributed by atoms with Crippen molar-refractivity contribution in [2.75, 3.05) is 19.8 Å². The van der Waals surface area contributed by atoms with E-state index in [1.807, 2.05) is 0 Å². The molecule has 0 saturated heterocycles. The first-order chi connectivity index (χ1) is 6.76. The van der Waals surface area contributed by atoms with Gasteiger partial charge >= 0.3 is 0 Å². The molecule has 0 aliphatic carbocycles. The molecule has 0 aliphatic heterocycles. The highest BCUT2D eigenvalue weighted by Gasteiger charge is 2.22. The van der Waals surface area contributed by atoms with Gasteiger partial charge in [0.25, 0.3) is 0 Å². The number of nitrogens with two attached hydrogens (primary N) is 1. The molecule has 0 fully saturated rings. The molecule has 4 nitrogen and oxygen atoms in total. The number of sulfonamides is 1. The van der Waals surface area contributed by atoms with Gasteiger partial charge in [-0.25, -0.2) is 17.1 Å². The Morgan fingerprint density at radius 3 is 2.33 bits per heavy atom. The Labute approximate surface area is 88.6 Å². The Hall–Kier alpha value is -1.14. The van der Waals surface area contributed by atoms with E-state index in [1.165, 1.54) is 14.1 Å². The fourth-order valence-corrected chi connectivity index (χ4v) is 2.04. The second kappa shape index (κ2) is 3.79. The van der Waals surface area contributed by atoms with Gasteiger partial charge in [-0.15, -0.1) is 0 Å². The van der Waals surface area contributed by atoms with Crippen LogP contribution < -0.4 is 5.73 Å². The maximum Gasteiger partial charge on any atom is 0.245 e. The third-order valence-electron chi connectivity index (χ3n) is 2.08. The van der Waals surface area contributed by atoms with Gasteiger partial charge in [-0.3, -0.25) is 0 Å². The van der Waals surface area contributed by atoms with Crippen molar-refractivity contribution in [1.82, 2.24) is 4.31 Å². The standard InChI is InChI=1S/C9H13FN2O2S/c1-6-4-7(10)9(5-8(6)11)15(13,14)12(2)3/h4-5H,11H2,1-3H3. The maximum atomic E-state index is 13.4. The van der Waals surface area contributed by atoms with Crippen LogP contribution in [-0.2, 0) is 10.0 Å². The van der Waals surface area contributed by atoms with Gasteiger partial charge in [-0.05, 0) is 24.6 Å². The Morgan fingerprint density at radius 1 is 1.33 bits per heavy atom. The van der Waals surface area contributed by atoms with Gasteiger partial charge in [0.05, 0.1) is 0 Å². The first-order valence-electron chi connectivity index (χ1n) is 4.25. The van der Waals surface area contributed by atoms with Gasteiger partial charge in [0, 0.05) is 19.8 Å². The Balaban J connectivity index is 3.46. The van der Waals surface area contributed by atoms with Crippen molar-refractivity contribution in [2.45, 2.75) is 11.8 Å². The predicted molar refractivity (Wildman–Crippen MR) is 56.4 cm³/mol. The Morgan fingerprint density at radius 2 is 1.87 bits per heavy atom. The summed E-state index contributed by atoms with van der Waals surface area (Å²) in [4.78, 5) is -0.393. The minimum absolute atomic E-state index is 0.261. The van der Waals surface area contributed by atoms with Crippen molar-refractivity contribution < 1.29 is 12.8 Å². The lowest BCUT2D eigenvalue weighted by molar-refractivity contribution is 0.508. The van der Waals surface area contributed by atoms with Gasteiger partial charge in [-0.2, -0.15) is 0 Å². The quantitative estimate of drug-likeness (QED) is 0.773. The summed E-state index contributed by atoms with van der Waals surface area (Å²) in [5.74, 6) is -0.782. The van der Waals surface area contributed by atoms with E-state index in [0.29, 0.717) is 5.56 Å². The molecule has 0 atom stereocenters. The molecule has 0 amide bonds. The summed E-state index contributed by atoms with van der Waals surface area (Å²) in [6.45, 7) is 1.62. The van der Waals surface area contributed by atoms with E-state index in [-0.39, 0.29) is 5.69 Å². The summed E-state index contributed by atoms with van der Waals surface area (Å²) in [6, 6.07) is 2.26. The molecule has 0 unspecified atom stereocenters. The third-order valence-corrected chi connectivity index (χ3v) is 3.91. The van der Waals surface area contributed by atoms with Crippen LogP contribution in [0.1, 0.15) is 5.56 Å². The first kappa shape index (κ1) is 11.9. The molecule has 1 aromatic carbocycles. The highest BCUT2D eigenvalue weighted by atomic mass is 32.2. The molecule has 0 spiro atoms. The number of hydrogen-bond donors (Lipinski definition) is 1. The fourth-order valence-electron chi connectivity index (χ4n) is 1.06. The summed E-state index contributed by atoms with van der Waals surface area (Å²) in [7, 11) is -1.09. The molecule has 6 heteroatoms. The van der Waals surface area contributed by atoms with Crippen LogP contribution in [-0.4, -0.2) is 26.8 Å². The highest BCUT2D eigenvalue weighted by molar-refractivity contribution is 7.89. The second-order valence-electron chi connectivity index (χ2n) is 3.43. The molecule has 84 valence electrons. The van der Waals surface area contributed by atoms with Crippen LogP contribution in [0.5, 0.6) is 0 Å². The number of halogens is 1. The normalized spacial score (nSPS) is 12.1. The number of aryl methyl sites for hydroxylation is 1. The number of benzene rings is 1. The topological polar surface area (TPSA) is 63.4 Å². The van der Waals surface area contributed by atoms with Crippen LogP contribution in [0.3, 0.4) is 0 Å². The van der Waals surface area contributed by atoms with E-state index in [4.69, 9.17) is 5.73 Å². The molecule has 0 radical (unpaired) electrons. The van der Waals surface area contributed by atoms with Crippen molar-refractivity contribution in [2.24, 2.45) is 0 Å². The third kappa shape index (κ3) is 2.10. The smallest absolute Gasteiger partial charge is 0.245 e. The highest BCUT2D eigenvalue weighted by Crippen LogP contribution is 2.23. The van der Waals surface area contributed by atoms with Crippen molar-refractivity contribution in [3.63, 3.8) is 0 Å². The lowest BCUT2D eigenvalue weighted by Crippen LogP contribution is -2.23. The average molecular weight is 232 g/mol. The fraction of sp³-hybridized carbons (Fsp3) is 0.333. The lowest BCUT2D eigenvalue weighted by Gasteiger charge is -2.13. The maximum absolute atomic E-state index is 13.4. The van der Waals surface area contributed by atoms with E-state index < -0.39 is 20.7 Å². The van der Waals surface area contributed by atoms with E-state index in [0.717, 1.165) is 16.4 Å². The molecule has 0 saturated carbocycles. The van der Waals surface area contributed by atoms with Crippen LogP contribution in [0.4, 0.5) is 10.1 Å². The van der Waals surface area contributed by atoms with Crippen molar-refractivity contribution in [3.05, 3.63) is 23.5 Å². The minimum Gasteiger partial charge on any atom is -0.398 e. The molecule has 0 heterocycles. The molecule has 0 bridgehead atoms. The molecule has 15 heavy (non-hydrogen) atoms. The van der Waals surface area contributed by atoms with Gasteiger partial charge in [0.2, 0.25) is 10.0 Å². The number of rotatable bonds is 2. The molecular weight excluding hydrogens is 219 g/mol. The molecule has 0 aromatic heterocycles. The van der Waals surface area contributed by atoms with Gasteiger partial charge in [0.15, 0.2) is 0 Å². The molecule has 2 N–H and O–H groups in total. The van der Waals surface area contributed by atoms with Crippen LogP contribution in [0.2, 0.25) is 0 Å². The second-order valence-corrected chi connectivity index (χ2v) is 5.55. The van der Waals surface area contributed by atoms with Gasteiger partial charge in [0.1, 0.15) is 10.7 Å². The summed E-state index contributed by atoms with van der Waals surface area (Å²) >= 11 is 0. The van der Waals surface area contributed by atoms with E-state index >= 15 is 0 Å². The van der Waals surface area contributed by atoms with Crippen LogP contribution >= 0.6 is 0 Å². The molecule has 1 rings (SSSR count). The Bertz CT molecular complexity index is 483. The molecule has 0 aliphatic rings. The number of hydrogen-bond acceptors (Lipinski definition) is 3. The van der Waals surface area contributed by atoms with Crippen LogP contribution in [0.15, 0.2) is 17.0 Å². The van der Waals surface area contributed by atoms with Gasteiger partial charge < -0.3 is 5.73 Å². The summed E-state index contributed by atoms with van der Waals surface area (Å²) in [6.07, 6.45) is 0. The van der Waals surface area contributed by atoms with E-state index in [1.54, 1.807) is 6.92 Å². The largest absolute Gasteiger partial charge is 0.398 e. The van der Waals surface area contributed by atoms with Crippen molar-refractivity contribution in [3.8, 4) is 0 Å². The summed E-state index contributed by atoms with van der Waals surface area (Å²) in [5.41, 5.74) is 6.32. The van der Waals surface area contributed by atoms with E-state index in [2.05, 4.69) is 0 Å². The number of nitrogens with zero attached hydrogens (tertiary/aromatic N) is 1.